The number of hydrogen-bond acceptors (Lipinski definition) is 6. The smallest absolute Gasteiger partial charge is 0.244 e. The Morgan fingerprint density at radius 1 is 1.23 bits per heavy atom. The van der Waals surface area contributed by atoms with Crippen LogP contribution in [0.25, 0.3) is 10.2 Å². The van der Waals surface area contributed by atoms with Gasteiger partial charge in [0.05, 0.1) is 16.4 Å². The first-order valence-corrected chi connectivity index (χ1v) is 11.8. The highest BCUT2D eigenvalue weighted by Crippen LogP contribution is 2.30. The Hall–Kier alpha value is -2.43. The van der Waals surface area contributed by atoms with Crippen molar-refractivity contribution in [2.45, 2.75) is 31.6 Å². The molecule has 1 aliphatic rings. The number of thiazole rings is 1. The maximum absolute atomic E-state index is 13.0. The molecule has 1 aliphatic heterocycles. The molecular weight excluding hydrogens is 427 g/mol. The average molecular weight is 449 g/mol. The molecule has 3 aromatic rings. The fourth-order valence-corrected chi connectivity index (χ4v) is 6.11. The van der Waals surface area contributed by atoms with Gasteiger partial charge in [0.15, 0.2) is 5.13 Å². The van der Waals surface area contributed by atoms with Crippen LogP contribution in [0.4, 0.5) is 9.52 Å². The summed E-state index contributed by atoms with van der Waals surface area (Å²) in [6.07, 6.45) is 1.83. The fourth-order valence-electron chi connectivity index (χ4n) is 3.65. The van der Waals surface area contributed by atoms with Gasteiger partial charge in [-0.05, 0) is 56.0 Å². The van der Waals surface area contributed by atoms with Gasteiger partial charge < -0.3 is 5.32 Å². The average Bonchev–Trinajstić information content (AvgIpc) is 3.11. The van der Waals surface area contributed by atoms with Gasteiger partial charge in [0, 0.05) is 19.0 Å². The molecule has 30 heavy (non-hydrogen) atoms. The summed E-state index contributed by atoms with van der Waals surface area (Å²) in [5.74, 6) is -1.17. The third kappa shape index (κ3) is 4.07. The number of rotatable bonds is 4. The van der Waals surface area contributed by atoms with E-state index in [1.54, 1.807) is 0 Å². The number of aromatic nitrogens is 2. The van der Waals surface area contributed by atoms with E-state index in [0.717, 1.165) is 33.6 Å². The van der Waals surface area contributed by atoms with Crippen LogP contribution >= 0.6 is 11.3 Å². The second-order valence-electron chi connectivity index (χ2n) is 7.43. The number of benzene rings is 1. The summed E-state index contributed by atoms with van der Waals surface area (Å²) in [6, 6.07) is 6.32. The molecule has 0 spiro atoms. The first kappa shape index (κ1) is 20.8. The van der Waals surface area contributed by atoms with E-state index in [1.807, 2.05) is 19.9 Å². The van der Waals surface area contributed by atoms with Gasteiger partial charge in [0.1, 0.15) is 4.90 Å². The molecule has 1 fully saturated rings. The maximum Gasteiger partial charge on any atom is 0.244 e. The van der Waals surface area contributed by atoms with E-state index in [4.69, 9.17) is 0 Å². The molecule has 0 unspecified atom stereocenters. The summed E-state index contributed by atoms with van der Waals surface area (Å²) >= 11 is 1.43. The molecule has 158 valence electrons. The maximum atomic E-state index is 13.0. The monoisotopic (exact) mass is 448 g/mol. The highest BCUT2D eigenvalue weighted by atomic mass is 32.2. The van der Waals surface area contributed by atoms with Gasteiger partial charge >= 0.3 is 0 Å². The molecule has 4 rings (SSSR count). The van der Waals surface area contributed by atoms with Crippen LogP contribution in [-0.2, 0) is 14.8 Å². The molecule has 2 aromatic heterocycles. The van der Waals surface area contributed by atoms with E-state index in [9.17, 15) is 17.6 Å². The van der Waals surface area contributed by atoms with Gasteiger partial charge in [-0.2, -0.15) is 8.70 Å². The summed E-state index contributed by atoms with van der Waals surface area (Å²) in [5.41, 5.74) is 3.09. The van der Waals surface area contributed by atoms with Crippen molar-refractivity contribution in [1.29, 1.82) is 0 Å². The van der Waals surface area contributed by atoms with Crippen molar-refractivity contribution in [3.05, 3.63) is 47.5 Å². The lowest BCUT2D eigenvalue weighted by Gasteiger charge is -2.30. The van der Waals surface area contributed by atoms with Crippen molar-refractivity contribution in [3.63, 3.8) is 0 Å². The molecule has 1 saturated heterocycles. The Labute approximate surface area is 178 Å². The fraction of sp³-hybridized carbons (Fsp3) is 0.350. The second kappa shape index (κ2) is 8.01. The van der Waals surface area contributed by atoms with Crippen LogP contribution in [0.5, 0.6) is 0 Å². The molecule has 1 aromatic carbocycles. The van der Waals surface area contributed by atoms with Crippen LogP contribution < -0.4 is 5.32 Å². The van der Waals surface area contributed by atoms with E-state index in [2.05, 4.69) is 21.4 Å². The molecular formula is C20H21FN4O3S2. The summed E-state index contributed by atoms with van der Waals surface area (Å²) in [6.45, 7) is 4.45. The zero-order valence-corrected chi connectivity index (χ0v) is 18.2. The highest BCUT2D eigenvalue weighted by molar-refractivity contribution is 7.89. The predicted molar refractivity (Wildman–Crippen MR) is 113 cm³/mol. The molecule has 10 heteroatoms. The Kier molecular flexibility index (Phi) is 5.56. The second-order valence-corrected chi connectivity index (χ2v) is 10.4. The Balaban J connectivity index is 1.41. The minimum Gasteiger partial charge on any atom is -0.302 e. The van der Waals surface area contributed by atoms with Gasteiger partial charge in [-0.25, -0.2) is 18.4 Å². The van der Waals surface area contributed by atoms with Gasteiger partial charge in [-0.15, -0.1) is 0 Å². The van der Waals surface area contributed by atoms with Crippen LogP contribution in [-0.4, -0.2) is 41.7 Å². The molecule has 7 nitrogen and oxygen atoms in total. The number of sulfonamides is 1. The lowest BCUT2D eigenvalue weighted by atomic mass is 9.97. The van der Waals surface area contributed by atoms with Gasteiger partial charge in [0.2, 0.25) is 21.9 Å². The number of carbonyl (C=O) groups is 1. The Bertz CT molecular complexity index is 1200. The molecule has 0 bridgehead atoms. The van der Waals surface area contributed by atoms with Crippen LogP contribution in [0.3, 0.4) is 0 Å². The lowest BCUT2D eigenvalue weighted by molar-refractivity contribution is -0.120. The quantitative estimate of drug-likeness (QED) is 0.617. The minimum absolute atomic E-state index is 0.0491. The summed E-state index contributed by atoms with van der Waals surface area (Å²) in [7, 11) is -3.75. The molecule has 0 saturated carbocycles. The first-order chi connectivity index (χ1) is 14.2. The number of nitrogens with zero attached hydrogens (tertiary/aromatic N) is 3. The molecule has 1 amide bonds. The topological polar surface area (TPSA) is 92.3 Å². The SMILES string of the molecule is Cc1cc(C)c2nc(NC(=O)C3CCN(S(=O)(=O)c4ccc(F)nc4)CC3)sc2c1. The number of hydrogen-bond donors (Lipinski definition) is 1. The van der Waals surface area contributed by atoms with E-state index in [1.165, 1.54) is 21.7 Å². The number of nitrogens with one attached hydrogen (secondary N) is 1. The summed E-state index contributed by atoms with van der Waals surface area (Å²) in [5, 5.41) is 3.44. The van der Waals surface area contributed by atoms with Crippen molar-refractivity contribution in [2.24, 2.45) is 5.92 Å². The molecule has 0 aliphatic carbocycles. The molecule has 0 radical (unpaired) electrons. The van der Waals surface area contributed by atoms with E-state index < -0.39 is 16.0 Å². The molecule has 0 atom stereocenters. The zero-order chi connectivity index (χ0) is 21.5. The van der Waals surface area contributed by atoms with Gasteiger partial charge in [-0.1, -0.05) is 17.4 Å². The van der Waals surface area contributed by atoms with E-state index >= 15 is 0 Å². The Morgan fingerprint density at radius 2 is 1.97 bits per heavy atom. The van der Waals surface area contributed by atoms with Crippen molar-refractivity contribution < 1.29 is 17.6 Å². The summed E-state index contributed by atoms with van der Waals surface area (Å²) in [4.78, 5) is 20.6. The van der Waals surface area contributed by atoms with Crippen LogP contribution in [0.15, 0.2) is 35.4 Å². The van der Waals surface area contributed by atoms with E-state index in [0.29, 0.717) is 18.0 Å². The third-order valence-electron chi connectivity index (χ3n) is 5.22. The van der Waals surface area contributed by atoms with Gasteiger partial charge in [-0.3, -0.25) is 4.79 Å². The Morgan fingerprint density at radius 3 is 2.63 bits per heavy atom. The number of carbonyl (C=O) groups excluding carboxylic acids is 1. The van der Waals surface area contributed by atoms with Crippen LogP contribution in [0.2, 0.25) is 0 Å². The van der Waals surface area contributed by atoms with Crippen molar-refractivity contribution in [2.75, 3.05) is 18.4 Å². The number of pyridine rings is 1. The number of halogens is 1. The lowest BCUT2D eigenvalue weighted by Crippen LogP contribution is -2.41. The van der Waals surface area contributed by atoms with Crippen molar-refractivity contribution >= 4 is 42.6 Å². The van der Waals surface area contributed by atoms with Crippen LogP contribution in [0, 0.1) is 25.7 Å². The minimum atomic E-state index is -3.75. The van der Waals surface area contributed by atoms with Crippen molar-refractivity contribution in [1.82, 2.24) is 14.3 Å². The standard InChI is InChI=1S/C20H21FN4O3S2/c1-12-9-13(2)18-16(10-12)29-20(23-18)24-19(26)14-5-7-25(8-6-14)30(27,28)15-3-4-17(21)22-11-15/h3-4,9-11,14H,5-8H2,1-2H3,(H,23,24,26). The van der Waals surface area contributed by atoms with Crippen molar-refractivity contribution in [3.8, 4) is 0 Å². The predicted octanol–water partition coefficient (Wildman–Crippen LogP) is 3.49. The number of aryl methyl sites for hydroxylation is 2. The van der Waals surface area contributed by atoms with Gasteiger partial charge in [0.25, 0.3) is 0 Å². The largest absolute Gasteiger partial charge is 0.302 e. The highest BCUT2D eigenvalue weighted by Gasteiger charge is 2.32. The first-order valence-electron chi connectivity index (χ1n) is 9.54. The summed E-state index contributed by atoms with van der Waals surface area (Å²) < 4.78 is 40.7. The number of amides is 1. The normalized spacial score (nSPS) is 16.1. The number of piperidine rings is 1. The van der Waals surface area contributed by atoms with Crippen LogP contribution in [0.1, 0.15) is 24.0 Å². The molecule has 3 heterocycles. The zero-order valence-electron chi connectivity index (χ0n) is 16.6. The number of anilines is 1. The number of fused-ring (bicyclic) bond motifs is 1. The van der Waals surface area contributed by atoms with E-state index in [-0.39, 0.29) is 29.8 Å². The molecule has 1 N–H and O–H groups in total. The third-order valence-corrected chi connectivity index (χ3v) is 8.02.